The number of thioether (sulfide) groups is 2. The van der Waals surface area contributed by atoms with Gasteiger partial charge in [-0.3, -0.25) is 9.59 Å². The molecule has 0 spiro atoms. The number of hydrogen-bond donors (Lipinski definition) is 2. The lowest BCUT2D eigenvalue weighted by Crippen LogP contribution is -2.23. The minimum Gasteiger partial charge on any atom is -0.325 e. The Bertz CT molecular complexity index is 1040. The van der Waals surface area contributed by atoms with Crippen LogP contribution >= 0.6 is 34.9 Å². The Hall–Kier alpha value is -1.77. The Balaban J connectivity index is 1.66. The first-order chi connectivity index (χ1) is 12.9. The Kier molecular flexibility index (Phi) is 6.29. The molecule has 1 unspecified atom stereocenters. The summed E-state index contributed by atoms with van der Waals surface area (Å²) >= 11 is 4.61. The molecule has 5 nitrogen and oxygen atoms in total. The molecular formula is C19H21N3O2S3. The molecule has 3 aromatic rings. The van der Waals surface area contributed by atoms with E-state index in [1.807, 2.05) is 51.3 Å². The Labute approximate surface area is 170 Å². The summed E-state index contributed by atoms with van der Waals surface area (Å²) in [6.45, 7) is 5.79. The Morgan fingerprint density at radius 3 is 2.89 bits per heavy atom. The third-order valence-corrected chi connectivity index (χ3v) is 7.25. The van der Waals surface area contributed by atoms with E-state index in [2.05, 4.69) is 15.3 Å². The van der Waals surface area contributed by atoms with E-state index in [1.165, 1.54) is 23.1 Å². The highest BCUT2D eigenvalue weighted by atomic mass is 32.2. The number of hydrogen-bond acceptors (Lipinski definition) is 6. The zero-order valence-electron chi connectivity index (χ0n) is 15.6. The van der Waals surface area contributed by atoms with Crippen molar-refractivity contribution in [1.29, 1.82) is 0 Å². The van der Waals surface area contributed by atoms with Gasteiger partial charge in [0.1, 0.15) is 10.7 Å². The van der Waals surface area contributed by atoms with Gasteiger partial charge in [0.2, 0.25) is 5.91 Å². The lowest BCUT2D eigenvalue weighted by Gasteiger charge is -2.12. The van der Waals surface area contributed by atoms with E-state index in [-0.39, 0.29) is 16.7 Å². The maximum atomic E-state index is 12.4. The van der Waals surface area contributed by atoms with Crippen LogP contribution in [0.2, 0.25) is 0 Å². The zero-order chi connectivity index (χ0) is 19.6. The molecule has 27 heavy (non-hydrogen) atoms. The van der Waals surface area contributed by atoms with Gasteiger partial charge in [-0.25, -0.2) is 4.98 Å². The van der Waals surface area contributed by atoms with E-state index in [1.54, 1.807) is 11.8 Å². The van der Waals surface area contributed by atoms with Crippen LogP contribution in [-0.2, 0) is 10.5 Å². The number of carbonyl (C=O) groups is 1. The highest BCUT2D eigenvalue weighted by molar-refractivity contribution is 7.99. The smallest absolute Gasteiger partial charge is 0.259 e. The first-order valence-corrected chi connectivity index (χ1v) is 11.5. The van der Waals surface area contributed by atoms with Crippen LogP contribution in [0, 0.1) is 13.8 Å². The minimum absolute atomic E-state index is 0.0653. The second kappa shape index (κ2) is 8.50. The second-order valence-electron chi connectivity index (χ2n) is 6.15. The van der Waals surface area contributed by atoms with Gasteiger partial charge >= 0.3 is 0 Å². The summed E-state index contributed by atoms with van der Waals surface area (Å²) < 4.78 is 0. The number of aryl methyl sites for hydroxylation is 2. The van der Waals surface area contributed by atoms with Crippen molar-refractivity contribution in [3.63, 3.8) is 0 Å². The number of nitrogens with one attached hydrogen (secondary N) is 2. The molecule has 1 atom stereocenters. The highest BCUT2D eigenvalue weighted by Crippen LogP contribution is 2.27. The van der Waals surface area contributed by atoms with Crippen LogP contribution in [0.15, 0.2) is 34.0 Å². The maximum absolute atomic E-state index is 12.4. The summed E-state index contributed by atoms with van der Waals surface area (Å²) in [6.07, 6.45) is 2.00. The van der Waals surface area contributed by atoms with Gasteiger partial charge in [-0.15, -0.1) is 34.9 Å². The van der Waals surface area contributed by atoms with Crippen LogP contribution in [-0.4, -0.2) is 27.4 Å². The van der Waals surface area contributed by atoms with Crippen molar-refractivity contribution < 1.29 is 4.79 Å². The monoisotopic (exact) mass is 419 g/mol. The standard InChI is InChI=1S/C19H21N3O2S3/c1-10-11(2)27-19-16(10)18(24)21-15(22-19)9-26-12(3)17(23)20-13-6-5-7-14(8-13)25-4/h5-8,12H,9H2,1-4H3,(H,20,23)(H,21,22,24). The average molecular weight is 420 g/mol. The van der Waals surface area contributed by atoms with E-state index in [9.17, 15) is 9.59 Å². The summed E-state index contributed by atoms with van der Waals surface area (Å²) in [7, 11) is 0. The van der Waals surface area contributed by atoms with Crippen LogP contribution < -0.4 is 10.9 Å². The number of thiophene rings is 1. The van der Waals surface area contributed by atoms with Crippen molar-refractivity contribution >= 4 is 56.7 Å². The van der Waals surface area contributed by atoms with Gasteiger partial charge in [-0.2, -0.15) is 0 Å². The first-order valence-electron chi connectivity index (χ1n) is 8.44. The van der Waals surface area contributed by atoms with E-state index in [0.717, 1.165) is 25.9 Å². The van der Waals surface area contributed by atoms with Crippen molar-refractivity contribution in [2.75, 3.05) is 11.6 Å². The predicted octanol–water partition coefficient (Wildman–Crippen LogP) is 4.58. The normalized spacial score (nSPS) is 12.3. The number of fused-ring (bicyclic) bond motifs is 1. The van der Waals surface area contributed by atoms with Gasteiger partial charge in [0.25, 0.3) is 5.56 Å². The van der Waals surface area contributed by atoms with Gasteiger partial charge in [0.15, 0.2) is 0 Å². The number of nitrogens with zero attached hydrogens (tertiary/aromatic N) is 1. The molecule has 142 valence electrons. The number of carbonyl (C=O) groups excluding carboxylic acids is 1. The van der Waals surface area contributed by atoms with Crippen LogP contribution in [0.3, 0.4) is 0 Å². The zero-order valence-corrected chi connectivity index (χ0v) is 18.0. The number of amides is 1. The van der Waals surface area contributed by atoms with E-state index < -0.39 is 0 Å². The molecule has 0 aliphatic rings. The molecule has 2 N–H and O–H groups in total. The third kappa shape index (κ3) is 4.56. The quantitative estimate of drug-likeness (QED) is 0.572. The van der Waals surface area contributed by atoms with Crippen LogP contribution in [0.4, 0.5) is 5.69 Å². The summed E-state index contributed by atoms with van der Waals surface area (Å²) in [4.78, 5) is 35.1. The average Bonchev–Trinajstić information content (AvgIpc) is 2.94. The fraction of sp³-hybridized carbons (Fsp3) is 0.316. The number of aromatic nitrogens is 2. The molecule has 0 saturated carbocycles. The lowest BCUT2D eigenvalue weighted by molar-refractivity contribution is -0.115. The maximum Gasteiger partial charge on any atom is 0.259 e. The van der Waals surface area contributed by atoms with E-state index >= 15 is 0 Å². The Morgan fingerprint density at radius 1 is 1.37 bits per heavy atom. The molecule has 0 fully saturated rings. The van der Waals surface area contributed by atoms with Crippen molar-refractivity contribution in [2.45, 2.75) is 36.7 Å². The van der Waals surface area contributed by atoms with Gasteiger partial charge in [-0.05, 0) is 50.8 Å². The molecule has 2 aromatic heterocycles. The van der Waals surface area contributed by atoms with Crippen molar-refractivity contribution in [3.8, 4) is 0 Å². The first kappa shape index (κ1) is 20.0. The van der Waals surface area contributed by atoms with Crippen molar-refractivity contribution in [2.24, 2.45) is 0 Å². The SMILES string of the molecule is CSc1cccc(NC(=O)C(C)SCc2nc3sc(C)c(C)c3c(=O)[nH]2)c1. The Morgan fingerprint density at radius 2 is 2.15 bits per heavy atom. The number of benzene rings is 1. The second-order valence-corrected chi connectivity index (χ2v) is 9.56. The van der Waals surface area contributed by atoms with Gasteiger partial charge in [0.05, 0.1) is 16.4 Å². The fourth-order valence-electron chi connectivity index (χ4n) is 2.59. The van der Waals surface area contributed by atoms with E-state index in [0.29, 0.717) is 17.0 Å². The largest absolute Gasteiger partial charge is 0.325 e. The summed E-state index contributed by atoms with van der Waals surface area (Å²) in [6, 6.07) is 7.76. The lowest BCUT2D eigenvalue weighted by atomic mass is 10.2. The number of anilines is 1. The fourth-order valence-corrected chi connectivity index (χ4v) is 4.86. The summed E-state index contributed by atoms with van der Waals surface area (Å²) in [5.41, 5.74) is 1.67. The molecule has 0 saturated heterocycles. The molecule has 0 radical (unpaired) electrons. The number of aromatic amines is 1. The van der Waals surface area contributed by atoms with Gasteiger partial charge in [0, 0.05) is 15.5 Å². The van der Waals surface area contributed by atoms with Crippen molar-refractivity contribution in [3.05, 3.63) is 50.9 Å². The van der Waals surface area contributed by atoms with E-state index in [4.69, 9.17) is 0 Å². The molecule has 8 heteroatoms. The van der Waals surface area contributed by atoms with Crippen LogP contribution in [0.1, 0.15) is 23.2 Å². The molecule has 2 heterocycles. The number of rotatable bonds is 6. The summed E-state index contributed by atoms with van der Waals surface area (Å²) in [5, 5.41) is 3.35. The molecular weight excluding hydrogens is 398 g/mol. The summed E-state index contributed by atoms with van der Waals surface area (Å²) in [5.74, 6) is 1.01. The number of H-pyrrole nitrogens is 1. The van der Waals surface area contributed by atoms with Gasteiger partial charge < -0.3 is 10.3 Å². The van der Waals surface area contributed by atoms with Crippen molar-refractivity contribution in [1.82, 2.24) is 9.97 Å². The molecule has 1 aromatic carbocycles. The van der Waals surface area contributed by atoms with Gasteiger partial charge in [-0.1, -0.05) is 6.07 Å². The molecule has 3 rings (SSSR count). The highest BCUT2D eigenvalue weighted by Gasteiger charge is 2.16. The van der Waals surface area contributed by atoms with Crippen LogP contribution in [0.25, 0.3) is 10.2 Å². The molecule has 0 bridgehead atoms. The predicted molar refractivity (Wildman–Crippen MR) is 117 cm³/mol. The van der Waals surface area contributed by atoms with Crippen LogP contribution in [0.5, 0.6) is 0 Å². The minimum atomic E-state index is -0.268. The molecule has 1 amide bonds. The topological polar surface area (TPSA) is 74.8 Å². The third-order valence-electron chi connectivity index (χ3n) is 4.26. The molecule has 0 aliphatic carbocycles. The molecule has 0 aliphatic heterocycles.